The molecule has 0 aliphatic carbocycles. The van der Waals surface area contributed by atoms with Gasteiger partial charge in [0.1, 0.15) is 5.75 Å². The summed E-state index contributed by atoms with van der Waals surface area (Å²) in [5.41, 5.74) is 0.919. The summed E-state index contributed by atoms with van der Waals surface area (Å²) in [5, 5.41) is 2.12. The third-order valence-corrected chi connectivity index (χ3v) is 4.01. The van der Waals surface area contributed by atoms with E-state index >= 15 is 0 Å². The van der Waals surface area contributed by atoms with E-state index in [1.165, 1.54) is 6.92 Å². The number of carbonyl (C=O) groups is 2. The van der Waals surface area contributed by atoms with Crippen LogP contribution in [0.25, 0.3) is 10.8 Å². The molecule has 0 spiro atoms. The van der Waals surface area contributed by atoms with Gasteiger partial charge in [-0.05, 0) is 48.2 Å². The predicted octanol–water partition coefficient (Wildman–Crippen LogP) is 3.84. The number of hydrogen-bond donors (Lipinski definition) is 0. The van der Waals surface area contributed by atoms with E-state index in [0.717, 1.165) is 22.1 Å². The van der Waals surface area contributed by atoms with E-state index in [-0.39, 0.29) is 17.9 Å². The summed E-state index contributed by atoms with van der Waals surface area (Å²) in [5.74, 6) is -0.0682. The summed E-state index contributed by atoms with van der Waals surface area (Å²) >= 11 is 0. The first-order valence-electron chi connectivity index (χ1n) is 8.39. The van der Waals surface area contributed by atoms with E-state index < -0.39 is 0 Å². The molecule has 5 heteroatoms. The van der Waals surface area contributed by atoms with Gasteiger partial charge in [0.25, 0.3) is 0 Å². The molecule has 0 amide bonds. The standard InChI is InChI=1S/C20H24O5/c1-14(20(22)25-11-5-4-10-24-15(2)21)16-6-7-18-13-19(23-3)9-8-17(18)12-16/h6-9,12-14H,4-5,10-11H2,1-3H3/t14-/m0/s1. The Balaban J connectivity index is 1.88. The van der Waals surface area contributed by atoms with Crippen LogP contribution >= 0.6 is 0 Å². The van der Waals surface area contributed by atoms with Crippen molar-refractivity contribution in [3.8, 4) is 5.75 Å². The van der Waals surface area contributed by atoms with E-state index in [0.29, 0.717) is 26.1 Å². The highest BCUT2D eigenvalue weighted by molar-refractivity contribution is 5.86. The van der Waals surface area contributed by atoms with Crippen molar-refractivity contribution < 1.29 is 23.8 Å². The lowest BCUT2D eigenvalue weighted by atomic mass is 9.98. The molecule has 2 aromatic rings. The van der Waals surface area contributed by atoms with E-state index in [1.807, 2.05) is 43.3 Å². The number of carbonyl (C=O) groups excluding carboxylic acids is 2. The molecule has 25 heavy (non-hydrogen) atoms. The van der Waals surface area contributed by atoms with Crippen molar-refractivity contribution in [3.05, 3.63) is 42.0 Å². The van der Waals surface area contributed by atoms with Crippen molar-refractivity contribution in [3.63, 3.8) is 0 Å². The molecular formula is C20H24O5. The van der Waals surface area contributed by atoms with Crippen molar-refractivity contribution in [1.82, 2.24) is 0 Å². The fourth-order valence-corrected chi connectivity index (χ4v) is 2.49. The van der Waals surface area contributed by atoms with Gasteiger partial charge in [0.05, 0.1) is 26.2 Å². The maximum atomic E-state index is 12.2. The first kappa shape index (κ1) is 18.8. The van der Waals surface area contributed by atoms with Crippen LogP contribution in [0.2, 0.25) is 0 Å². The summed E-state index contributed by atoms with van der Waals surface area (Å²) in [4.78, 5) is 22.8. The predicted molar refractivity (Wildman–Crippen MR) is 95.7 cm³/mol. The summed E-state index contributed by atoms with van der Waals surface area (Å²) in [7, 11) is 1.64. The Hall–Kier alpha value is -2.56. The topological polar surface area (TPSA) is 61.8 Å². The number of unbranched alkanes of at least 4 members (excludes halogenated alkanes) is 1. The zero-order valence-electron chi connectivity index (χ0n) is 14.9. The lowest BCUT2D eigenvalue weighted by Crippen LogP contribution is -2.14. The minimum absolute atomic E-state index is 0.250. The van der Waals surface area contributed by atoms with Gasteiger partial charge in [-0.1, -0.05) is 24.3 Å². The molecule has 0 fully saturated rings. The van der Waals surface area contributed by atoms with Gasteiger partial charge >= 0.3 is 11.9 Å². The molecule has 0 bridgehead atoms. The summed E-state index contributed by atoms with van der Waals surface area (Å²) < 4.78 is 15.4. The summed E-state index contributed by atoms with van der Waals surface area (Å²) in [6.45, 7) is 3.90. The highest BCUT2D eigenvalue weighted by Gasteiger charge is 2.17. The highest BCUT2D eigenvalue weighted by Crippen LogP contribution is 2.25. The molecule has 2 rings (SSSR count). The molecule has 0 aliphatic heterocycles. The van der Waals surface area contributed by atoms with Crippen LogP contribution in [0.5, 0.6) is 5.75 Å². The van der Waals surface area contributed by atoms with Crippen LogP contribution in [0.1, 0.15) is 38.2 Å². The van der Waals surface area contributed by atoms with Crippen LogP contribution in [0.3, 0.4) is 0 Å². The zero-order valence-corrected chi connectivity index (χ0v) is 14.9. The maximum absolute atomic E-state index is 12.2. The number of methoxy groups -OCH3 is 1. The quantitative estimate of drug-likeness (QED) is 0.538. The summed E-state index contributed by atoms with van der Waals surface area (Å²) in [6, 6.07) is 11.8. The lowest BCUT2D eigenvalue weighted by molar-refractivity contribution is -0.146. The molecule has 1 atom stereocenters. The molecule has 0 unspecified atom stereocenters. The van der Waals surface area contributed by atoms with Crippen molar-refractivity contribution >= 4 is 22.7 Å². The fourth-order valence-electron chi connectivity index (χ4n) is 2.49. The van der Waals surface area contributed by atoms with Crippen LogP contribution in [0.15, 0.2) is 36.4 Å². The Labute approximate surface area is 147 Å². The number of ether oxygens (including phenoxy) is 3. The molecule has 0 aromatic heterocycles. The Morgan fingerprint density at radius 2 is 1.60 bits per heavy atom. The normalized spacial score (nSPS) is 11.8. The van der Waals surface area contributed by atoms with Crippen LogP contribution in [0, 0.1) is 0 Å². The Bertz CT molecular complexity index is 738. The molecular weight excluding hydrogens is 320 g/mol. The number of fused-ring (bicyclic) bond motifs is 1. The van der Waals surface area contributed by atoms with Gasteiger partial charge in [0.2, 0.25) is 0 Å². The molecule has 134 valence electrons. The summed E-state index contributed by atoms with van der Waals surface area (Å²) in [6.07, 6.45) is 1.35. The van der Waals surface area contributed by atoms with Crippen molar-refractivity contribution in [2.45, 2.75) is 32.6 Å². The highest BCUT2D eigenvalue weighted by atomic mass is 16.5. The zero-order chi connectivity index (χ0) is 18.2. The average molecular weight is 344 g/mol. The number of hydrogen-bond acceptors (Lipinski definition) is 5. The number of esters is 2. The van der Waals surface area contributed by atoms with E-state index in [2.05, 4.69) is 0 Å². The maximum Gasteiger partial charge on any atom is 0.313 e. The second-order valence-corrected chi connectivity index (χ2v) is 5.91. The number of rotatable bonds is 8. The van der Waals surface area contributed by atoms with Gasteiger partial charge in [-0.2, -0.15) is 0 Å². The molecule has 5 nitrogen and oxygen atoms in total. The molecule has 0 aliphatic rings. The van der Waals surface area contributed by atoms with Gasteiger partial charge in [0, 0.05) is 6.92 Å². The van der Waals surface area contributed by atoms with Crippen LogP contribution < -0.4 is 4.74 Å². The van der Waals surface area contributed by atoms with E-state index in [9.17, 15) is 9.59 Å². The Morgan fingerprint density at radius 1 is 0.960 bits per heavy atom. The van der Waals surface area contributed by atoms with Crippen LogP contribution in [-0.2, 0) is 19.1 Å². The first-order chi connectivity index (χ1) is 12.0. The van der Waals surface area contributed by atoms with E-state index in [4.69, 9.17) is 14.2 Å². The van der Waals surface area contributed by atoms with E-state index in [1.54, 1.807) is 7.11 Å². The van der Waals surface area contributed by atoms with Crippen molar-refractivity contribution in [2.24, 2.45) is 0 Å². The third kappa shape index (κ3) is 5.48. The lowest BCUT2D eigenvalue weighted by Gasteiger charge is -2.13. The largest absolute Gasteiger partial charge is 0.497 e. The Morgan fingerprint density at radius 3 is 2.28 bits per heavy atom. The minimum atomic E-state index is -0.333. The molecule has 0 heterocycles. The van der Waals surface area contributed by atoms with Gasteiger partial charge in [0.15, 0.2) is 0 Å². The molecule has 0 radical (unpaired) electrons. The van der Waals surface area contributed by atoms with Gasteiger partial charge in [-0.25, -0.2) is 0 Å². The molecule has 0 saturated carbocycles. The number of benzene rings is 2. The van der Waals surface area contributed by atoms with Crippen molar-refractivity contribution in [2.75, 3.05) is 20.3 Å². The van der Waals surface area contributed by atoms with Gasteiger partial charge in [-0.3, -0.25) is 9.59 Å². The second kappa shape index (κ2) is 9.06. The van der Waals surface area contributed by atoms with Crippen LogP contribution in [-0.4, -0.2) is 32.3 Å². The van der Waals surface area contributed by atoms with Gasteiger partial charge < -0.3 is 14.2 Å². The first-order valence-corrected chi connectivity index (χ1v) is 8.39. The molecule has 0 saturated heterocycles. The SMILES string of the molecule is COc1ccc2cc([C@H](C)C(=O)OCCCCOC(C)=O)ccc2c1. The molecule has 2 aromatic carbocycles. The van der Waals surface area contributed by atoms with Crippen molar-refractivity contribution in [1.29, 1.82) is 0 Å². The molecule has 0 N–H and O–H groups in total. The smallest absolute Gasteiger partial charge is 0.313 e. The average Bonchev–Trinajstić information content (AvgIpc) is 2.62. The van der Waals surface area contributed by atoms with Gasteiger partial charge in [-0.15, -0.1) is 0 Å². The minimum Gasteiger partial charge on any atom is -0.497 e. The third-order valence-electron chi connectivity index (χ3n) is 4.01. The monoisotopic (exact) mass is 344 g/mol. The fraction of sp³-hybridized carbons (Fsp3) is 0.400. The second-order valence-electron chi connectivity index (χ2n) is 5.91. The van der Waals surface area contributed by atoms with Crippen LogP contribution in [0.4, 0.5) is 0 Å². The Kier molecular flexibility index (Phi) is 6.81.